The highest BCUT2D eigenvalue weighted by Crippen LogP contribution is 2.35. The lowest BCUT2D eigenvalue weighted by molar-refractivity contribution is 0.303. The van der Waals surface area contributed by atoms with Crippen molar-refractivity contribution in [3.8, 4) is 11.5 Å². The second kappa shape index (κ2) is 4.63. The zero-order valence-corrected chi connectivity index (χ0v) is 12.7. The molecule has 1 aromatic carbocycles. The highest BCUT2D eigenvalue weighted by molar-refractivity contribution is 9.10. The topological polar surface area (TPSA) is 51.9 Å². The molecule has 0 bridgehead atoms. The van der Waals surface area contributed by atoms with Crippen LogP contribution >= 0.6 is 15.9 Å². The molecule has 106 valence electrons. The summed E-state index contributed by atoms with van der Waals surface area (Å²) in [6, 6.07) is 9.68. The molecule has 0 unspecified atom stereocenters. The molecule has 4 rings (SSSR count). The zero-order chi connectivity index (χ0) is 14.4. The first kappa shape index (κ1) is 12.5. The molecule has 0 aliphatic carbocycles. The van der Waals surface area contributed by atoms with E-state index in [2.05, 4.69) is 26.0 Å². The highest BCUT2D eigenvalue weighted by atomic mass is 79.9. The first-order chi connectivity index (χ1) is 10.3. The predicted octanol–water partition coefficient (Wildman–Crippen LogP) is 2.81. The zero-order valence-electron chi connectivity index (χ0n) is 11.2. The fraction of sp³-hybridized carbons (Fsp3) is 0.143. The Labute approximate surface area is 129 Å². The van der Waals surface area contributed by atoms with Gasteiger partial charge in [0.25, 0.3) is 0 Å². The first-order valence-electron chi connectivity index (χ1n) is 6.37. The maximum Gasteiger partial charge on any atom is 0.191 e. The molecule has 7 heteroatoms. The molecule has 0 amide bonds. The number of fused-ring (bicyclic) bond motifs is 2. The number of hydrogen-bond acceptors (Lipinski definition) is 5. The van der Waals surface area contributed by atoms with Crippen molar-refractivity contribution in [1.82, 2.24) is 14.6 Å². The van der Waals surface area contributed by atoms with E-state index in [9.17, 15) is 0 Å². The van der Waals surface area contributed by atoms with Crippen molar-refractivity contribution in [3.05, 3.63) is 46.8 Å². The van der Waals surface area contributed by atoms with Crippen LogP contribution in [0.3, 0.4) is 0 Å². The number of methoxy groups -OCH3 is 1. The Morgan fingerprint density at radius 2 is 2.19 bits per heavy atom. The van der Waals surface area contributed by atoms with E-state index in [1.807, 2.05) is 30.3 Å². The smallest absolute Gasteiger partial charge is 0.191 e. The van der Waals surface area contributed by atoms with Crippen molar-refractivity contribution >= 4 is 27.3 Å². The first-order valence-corrected chi connectivity index (χ1v) is 7.16. The van der Waals surface area contributed by atoms with Gasteiger partial charge in [-0.15, -0.1) is 0 Å². The molecule has 1 aliphatic rings. The van der Waals surface area contributed by atoms with Gasteiger partial charge in [0.2, 0.25) is 0 Å². The van der Waals surface area contributed by atoms with Gasteiger partial charge in [-0.1, -0.05) is 0 Å². The van der Waals surface area contributed by atoms with Crippen molar-refractivity contribution < 1.29 is 9.57 Å². The minimum absolute atomic E-state index is 0.634. The fourth-order valence-corrected chi connectivity index (χ4v) is 2.80. The minimum Gasteiger partial charge on any atom is -0.497 e. The van der Waals surface area contributed by atoms with E-state index in [-0.39, 0.29) is 0 Å². The minimum atomic E-state index is 0.634. The number of anilines is 1. The van der Waals surface area contributed by atoms with Gasteiger partial charge < -0.3 is 9.57 Å². The molecule has 0 spiro atoms. The second-order valence-electron chi connectivity index (χ2n) is 4.64. The average molecular weight is 347 g/mol. The van der Waals surface area contributed by atoms with E-state index in [0.717, 1.165) is 33.0 Å². The summed E-state index contributed by atoms with van der Waals surface area (Å²) in [4.78, 5) is 10.2. The summed E-state index contributed by atoms with van der Waals surface area (Å²) in [5.41, 5.74) is 1.97. The van der Waals surface area contributed by atoms with Crippen molar-refractivity contribution in [1.29, 1.82) is 0 Å². The molecular formula is C14H11BrN4O2. The molecule has 0 atom stereocenters. The van der Waals surface area contributed by atoms with E-state index in [1.165, 1.54) is 6.33 Å². The molecule has 3 aromatic rings. The summed E-state index contributed by atoms with van der Waals surface area (Å²) in [5.74, 6) is 2.29. The second-order valence-corrected chi connectivity index (χ2v) is 5.45. The van der Waals surface area contributed by atoms with Crippen LogP contribution in [-0.4, -0.2) is 21.7 Å². The van der Waals surface area contributed by atoms with E-state index in [1.54, 1.807) is 16.7 Å². The number of halogens is 1. The Morgan fingerprint density at radius 1 is 1.29 bits per heavy atom. The van der Waals surface area contributed by atoms with E-state index < -0.39 is 0 Å². The van der Waals surface area contributed by atoms with Gasteiger partial charge in [0.15, 0.2) is 11.6 Å². The molecule has 0 saturated heterocycles. The standard InChI is InChI=1S/C14H11BrN4O2/c1-20-10-3-2-9-7-18(21-12(9)6-10)14-11-4-5-13(15)19(11)17-8-16-14/h2-6,8H,7H2,1H3. The van der Waals surface area contributed by atoms with E-state index in [0.29, 0.717) is 6.54 Å². The van der Waals surface area contributed by atoms with Gasteiger partial charge in [-0.05, 0) is 40.2 Å². The molecule has 0 N–H and O–H groups in total. The summed E-state index contributed by atoms with van der Waals surface area (Å²) in [5, 5.41) is 5.96. The predicted molar refractivity (Wildman–Crippen MR) is 80.5 cm³/mol. The van der Waals surface area contributed by atoms with Gasteiger partial charge in [-0.3, -0.25) is 0 Å². The molecular weight excluding hydrogens is 336 g/mol. The van der Waals surface area contributed by atoms with Gasteiger partial charge in [0.1, 0.15) is 22.2 Å². The molecule has 2 aromatic heterocycles. The summed E-state index contributed by atoms with van der Waals surface area (Å²) in [7, 11) is 1.64. The quantitative estimate of drug-likeness (QED) is 0.714. The Balaban J connectivity index is 1.75. The third-order valence-corrected chi connectivity index (χ3v) is 4.02. The molecule has 3 heterocycles. The number of hydroxylamine groups is 1. The molecule has 0 saturated carbocycles. The van der Waals surface area contributed by atoms with Gasteiger partial charge >= 0.3 is 0 Å². The lowest BCUT2D eigenvalue weighted by Gasteiger charge is -2.16. The van der Waals surface area contributed by atoms with Gasteiger partial charge in [-0.2, -0.15) is 10.2 Å². The van der Waals surface area contributed by atoms with E-state index >= 15 is 0 Å². The summed E-state index contributed by atoms with van der Waals surface area (Å²) in [6.07, 6.45) is 1.51. The third-order valence-electron chi connectivity index (χ3n) is 3.42. The van der Waals surface area contributed by atoms with E-state index in [4.69, 9.17) is 9.57 Å². The van der Waals surface area contributed by atoms with Crippen LogP contribution in [0.4, 0.5) is 5.82 Å². The Kier molecular flexibility index (Phi) is 2.75. The fourth-order valence-electron chi connectivity index (χ4n) is 2.38. The molecule has 0 radical (unpaired) electrons. The number of rotatable bonds is 2. The summed E-state index contributed by atoms with van der Waals surface area (Å²) < 4.78 is 7.87. The maximum atomic E-state index is 5.89. The third kappa shape index (κ3) is 1.92. The number of nitrogens with zero attached hydrogens (tertiary/aromatic N) is 4. The van der Waals surface area contributed by atoms with Crippen LogP contribution in [0.1, 0.15) is 5.56 Å². The van der Waals surface area contributed by atoms with Crippen molar-refractivity contribution in [3.63, 3.8) is 0 Å². The lowest BCUT2D eigenvalue weighted by atomic mass is 10.2. The monoisotopic (exact) mass is 346 g/mol. The van der Waals surface area contributed by atoms with Crippen molar-refractivity contribution in [2.24, 2.45) is 0 Å². The number of aromatic nitrogens is 3. The van der Waals surface area contributed by atoms with Gasteiger partial charge in [-0.25, -0.2) is 9.50 Å². The number of hydrogen-bond donors (Lipinski definition) is 0. The Morgan fingerprint density at radius 3 is 3.05 bits per heavy atom. The van der Waals surface area contributed by atoms with Crippen molar-refractivity contribution in [2.75, 3.05) is 12.2 Å². The maximum absolute atomic E-state index is 5.89. The van der Waals surface area contributed by atoms with Crippen LogP contribution in [0.2, 0.25) is 0 Å². The number of benzene rings is 1. The van der Waals surface area contributed by atoms with Crippen LogP contribution in [0.25, 0.3) is 5.52 Å². The van der Waals surface area contributed by atoms with Crippen molar-refractivity contribution in [2.45, 2.75) is 6.54 Å². The van der Waals surface area contributed by atoms with Crippen LogP contribution in [0, 0.1) is 0 Å². The van der Waals surface area contributed by atoms with Gasteiger partial charge in [0, 0.05) is 11.6 Å². The molecule has 6 nitrogen and oxygen atoms in total. The highest BCUT2D eigenvalue weighted by Gasteiger charge is 2.25. The molecule has 1 aliphatic heterocycles. The molecule has 0 fully saturated rings. The SMILES string of the molecule is COc1ccc2c(c1)ON(c1ncnn3c(Br)ccc13)C2. The normalized spacial score (nSPS) is 13.3. The van der Waals surface area contributed by atoms with Crippen LogP contribution in [-0.2, 0) is 6.54 Å². The van der Waals surface area contributed by atoms with Crippen LogP contribution < -0.4 is 14.6 Å². The Bertz CT molecular complexity index is 833. The van der Waals surface area contributed by atoms with Crippen LogP contribution in [0.15, 0.2) is 41.3 Å². The Hall–Kier alpha value is -2.28. The summed E-state index contributed by atoms with van der Waals surface area (Å²) in [6.45, 7) is 0.634. The number of ether oxygens (including phenoxy) is 1. The van der Waals surface area contributed by atoms with Gasteiger partial charge in [0.05, 0.1) is 13.7 Å². The molecule has 21 heavy (non-hydrogen) atoms. The average Bonchev–Trinajstić information content (AvgIpc) is 3.10. The summed E-state index contributed by atoms with van der Waals surface area (Å²) >= 11 is 3.45. The largest absolute Gasteiger partial charge is 0.497 e. The lowest BCUT2D eigenvalue weighted by Crippen LogP contribution is -2.22. The van der Waals surface area contributed by atoms with Crippen LogP contribution in [0.5, 0.6) is 11.5 Å².